The number of allylic oxidation sites excluding steroid dienone is 3. The smallest absolute Gasteiger partial charge is 0.0101 e. The molecule has 0 fully saturated rings. The van der Waals surface area contributed by atoms with Crippen LogP contribution in [-0.4, -0.2) is 5.75 Å². The lowest BCUT2D eigenvalue weighted by molar-refractivity contribution is 0.670. The van der Waals surface area contributed by atoms with Gasteiger partial charge in [-0.3, -0.25) is 0 Å². The van der Waals surface area contributed by atoms with Gasteiger partial charge in [-0.25, -0.2) is 0 Å². The fourth-order valence-electron chi connectivity index (χ4n) is 1.31. The molecule has 1 aliphatic heterocycles. The zero-order valence-corrected chi connectivity index (χ0v) is 7.79. The van der Waals surface area contributed by atoms with E-state index in [1.807, 2.05) is 23.9 Å². The highest BCUT2D eigenvalue weighted by Crippen LogP contribution is 2.34. The van der Waals surface area contributed by atoms with Gasteiger partial charge in [0.05, 0.1) is 0 Å². The molecule has 11 heavy (non-hydrogen) atoms. The maximum atomic E-state index is 3.81. The van der Waals surface area contributed by atoms with Crippen molar-refractivity contribution in [3.63, 3.8) is 0 Å². The molecule has 0 amide bonds. The Kier molecular flexibility index (Phi) is 3.01. The third kappa shape index (κ3) is 1.78. The van der Waals surface area contributed by atoms with Crippen molar-refractivity contribution in [1.29, 1.82) is 0 Å². The first-order valence-corrected chi connectivity index (χ1v) is 4.90. The molecule has 0 bridgehead atoms. The molecule has 1 aliphatic rings. The fraction of sp³-hybridized carbons (Fsp3) is 0.400. The molecule has 0 saturated heterocycles. The summed E-state index contributed by atoms with van der Waals surface area (Å²) in [6, 6.07) is 0. The molecule has 0 spiro atoms. The van der Waals surface area contributed by atoms with Crippen molar-refractivity contribution in [3.8, 4) is 0 Å². The van der Waals surface area contributed by atoms with Gasteiger partial charge in [0.1, 0.15) is 0 Å². The number of thioether (sulfide) groups is 1. The van der Waals surface area contributed by atoms with E-state index in [1.165, 1.54) is 22.7 Å². The topological polar surface area (TPSA) is 0 Å². The molecule has 0 aliphatic carbocycles. The van der Waals surface area contributed by atoms with E-state index in [9.17, 15) is 0 Å². The minimum atomic E-state index is 0.668. The molecule has 1 heteroatoms. The van der Waals surface area contributed by atoms with Gasteiger partial charge in [-0.2, -0.15) is 0 Å². The SMILES string of the molecule is C=CC1=C(C=C)C(C)CCS1. The summed E-state index contributed by atoms with van der Waals surface area (Å²) in [5, 5.41) is 0. The number of rotatable bonds is 2. The van der Waals surface area contributed by atoms with Crippen molar-refractivity contribution in [2.45, 2.75) is 13.3 Å². The minimum absolute atomic E-state index is 0.668. The third-order valence-corrected chi connectivity index (χ3v) is 3.18. The second kappa shape index (κ2) is 3.82. The van der Waals surface area contributed by atoms with Gasteiger partial charge >= 0.3 is 0 Å². The summed E-state index contributed by atoms with van der Waals surface area (Å²) in [5.74, 6) is 1.89. The fourth-order valence-corrected chi connectivity index (χ4v) is 2.57. The summed E-state index contributed by atoms with van der Waals surface area (Å²) in [4.78, 5) is 1.32. The van der Waals surface area contributed by atoms with Crippen LogP contribution in [0.5, 0.6) is 0 Å². The van der Waals surface area contributed by atoms with Gasteiger partial charge in [-0.05, 0) is 23.7 Å². The Bertz CT molecular complexity index is 201. The zero-order chi connectivity index (χ0) is 8.27. The van der Waals surface area contributed by atoms with E-state index in [1.54, 1.807) is 0 Å². The Morgan fingerprint density at radius 3 is 2.64 bits per heavy atom. The van der Waals surface area contributed by atoms with Gasteiger partial charge in [0.2, 0.25) is 0 Å². The van der Waals surface area contributed by atoms with E-state index in [2.05, 4.69) is 20.1 Å². The molecule has 0 aromatic carbocycles. The van der Waals surface area contributed by atoms with Crippen LogP contribution in [0.1, 0.15) is 13.3 Å². The normalized spacial score (nSPS) is 25.0. The third-order valence-electron chi connectivity index (χ3n) is 2.03. The maximum Gasteiger partial charge on any atom is 0.0101 e. The van der Waals surface area contributed by atoms with E-state index in [-0.39, 0.29) is 0 Å². The van der Waals surface area contributed by atoms with Gasteiger partial charge in [-0.1, -0.05) is 32.2 Å². The monoisotopic (exact) mass is 166 g/mol. The Morgan fingerprint density at radius 1 is 1.45 bits per heavy atom. The molecule has 60 valence electrons. The molecular weight excluding hydrogens is 152 g/mol. The van der Waals surface area contributed by atoms with Gasteiger partial charge in [0, 0.05) is 4.91 Å². The van der Waals surface area contributed by atoms with Crippen LogP contribution in [0.15, 0.2) is 35.8 Å². The van der Waals surface area contributed by atoms with Crippen LogP contribution in [0, 0.1) is 5.92 Å². The van der Waals surface area contributed by atoms with Crippen molar-refractivity contribution in [1.82, 2.24) is 0 Å². The van der Waals surface area contributed by atoms with Crippen LogP contribution in [0.2, 0.25) is 0 Å². The molecule has 0 aromatic rings. The molecule has 1 rings (SSSR count). The minimum Gasteiger partial charge on any atom is -0.126 e. The first-order chi connectivity index (χ1) is 5.29. The van der Waals surface area contributed by atoms with E-state index in [4.69, 9.17) is 0 Å². The molecule has 1 unspecified atom stereocenters. The van der Waals surface area contributed by atoms with Crippen LogP contribution < -0.4 is 0 Å². The summed E-state index contributed by atoms with van der Waals surface area (Å²) >= 11 is 1.89. The zero-order valence-electron chi connectivity index (χ0n) is 6.97. The Hall–Kier alpha value is -0.430. The van der Waals surface area contributed by atoms with Crippen LogP contribution >= 0.6 is 11.8 Å². The second-order valence-corrected chi connectivity index (χ2v) is 3.90. The Labute approximate surface area is 73.1 Å². The second-order valence-electron chi connectivity index (χ2n) is 2.77. The van der Waals surface area contributed by atoms with Crippen molar-refractivity contribution in [3.05, 3.63) is 35.8 Å². The summed E-state index contributed by atoms with van der Waals surface area (Å²) in [6.45, 7) is 9.85. The summed E-state index contributed by atoms with van der Waals surface area (Å²) < 4.78 is 0. The highest BCUT2D eigenvalue weighted by molar-refractivity contribution is 8.03. The molecule has 0 saturated carbocycles. The predicted molar refractivity (Wildman–Crippen MR) is 53.7 cm³/mol. The molecule has 0 N–H and O–H groups in total. The Balaban J connectivity index is 2.94. The molecule has 1 heterocycles. The van der Waals surface area contributed by atoms with Crippen LogP contribution in [0.4, 0.5) is 0 Å². The molecule has 0 radical (unpaired) electrons. The summed E-state index contributed by atoms with van der Waals surface area (Å²) in [5.41, 5.74) is 1.37. The average Bonchev–Trinajstić information content (AvgIpc) is 2.04. The quantitative estimate of drug-likeness (QED) is 0.606. The first-order valence-electron chi connectivity index (χ1n) is 3.91. The van der Waals surface area contributed by atoms with Crippen LogP contribution in [0.3, 0.4) is 0 Å². The largest absolute Gasteiger partial charge is 0.126 e. The van der Waals surface area contributed by atoms with Crippen LogP contribution in [-0.2, 0) is 0 Å². The maximum absolute atomic E-state index is 3.81. The Morgan fingerprint density at radius 2 is 2.18 bits per heavy atom. The lowest BCUT2D eigenvalue weighted by Crippen LogP contribution is -2.06. The molecule has 1 atom stereocenters. The predicted octanol–water partition coefficient (Wildman–Crippen LogP) is 3.39. The van der Waals surface area contributed by atoms with Crippen molar-refractivity contribution >= 4 is 11.8 Å². The summed E-state index contributed by atoms with van der Waals surface area (Å²) in [6.07, 6.45) is 5.18. The molecule has 0 nitrogen and oxygen atoms in total. The molecule has 0 aromatic heterocycles. The number of hydrogen-bond acceptors (Lipinski definition) is 1. The standard InChI is InChI=1S/C10H14S/c1-4-9-8(3)6-7-11-10(9)5-2/h4-5,8H,1-2,6-7H2,3H3. The lowest BCUT2D eigenvalue weighted by Gasteiger charge is -2.21. The van der Waals surface area contributed by atoms with E-state index >= 15 is 0 Å². The first kappa shape index (κ1) is 8.66. The van der Waals surface area contributed by atoms with Crippen molar-refractivity contribution in [2.75, 3.05) is 5.75 Å². The van der Waals surface area contributed by atoms with Gasteiger partial charge in [0.25, 0.3) is 0 Å². The van der Waals surface area contributed by atoms with Gasteiger partial charge in [-0.15, -0.1) is 11.8 Å². The van der Waals surface area contributed by atoms with Crippen LogP contribution in [0.25, 0.3) is 0 Å². The van der Waals surface area contributed by atoms with E-state index < -0.39 is 0 Å². The lowest BCUT2D eigenvalue weighted by atomic mass is 9.97. The highest BCUT2D eigenvalue weighted by Gasteiger charge is 2.15. The van der Waals surface area contributed by atoms with Gasteiger partial charge < -0.3 is 0 Å². The van der Waals surface area contributed by atoms with E-state index in [0.717, 1.165) is 0 Å². The number of hydrogen-bond donors (Lipinski definition) is 0. The molecular formula is C10H14S. The van der Waals surface area contributed by atoms with Crippen molar-refractivity contribution in [2.24, 2.45) is 5.92 Å². The highest BCUT2D eigenvalue weighted by atomic mass is 32.2. The van der Waals surface area contributed by atoms with E-state index in [0.29, 0.717) is 5.92 Å². The average molecular weight is 166 g/mol. The van der Waals surface area contributed by atoms with Gasteiger partial charge in [0.15, 0.2) is 0 Å². The van der Waals surface area contributed by atoms with Crippen molar-refractivity contribution < 1.29 is 0 Å². The summed E-state index contributed by atoms with van der Waals surface area (Å²) in [7, 11) is 0.